The summed E-state index contributed by atoms with van der Waals surface area (Å²) in [7, 11) is 0. The van der Waals surface area contributed by atoms with Crippen molar-refractivity contribution in [1.29, 1.82) is 0 Å². The van der Waals surface area contributed by atoms with Gasteiger partial charge in [-0.1, -0.05) is 25.1 Å². The first-order valence-electron chi connectivity index (χ1n) is 8.02. The number of nitrogens with two attached hydrogens (primary N) is 1. The molecule has 2 N–H and O–H groups in total. The van der Waals surface area contributed by atoms with Crippen LogP contribution in [0, 0.1) is 0 Å². The van der Waals surface area contributed by atoms with Gasteiger partial charge >= 0.3 is 0 Å². The van der Waals surface area contributed by atoms with E-state index in [9.17, 15) is 0 Å². The van der Waals surface area contributed by atoms with Crippen LogP contribution in [0.5, 0.6) is 0 Å². The highest BCUT2D eigenvalue weighted by molar-refractivity contribution is 5.90. The molecule has 0 amide bonds. The van der Waals surface area contributed by atoms with Crippen molar-refractivity contribution in [2.45, 2.75) is 51.1 Å². The molecule has 0 radical (unpaired) electrons. The zero-order valence-electron chi connectivity index (χ0n) is 12.7. The SMILES string of the molecule is CCCN(c1cnnc2ccccc12)C1CCC(N)CC1. The Labute approximate surface area is 126 Å². The Balaban J connectivity index is 1.95. The monoisotopic (exact) mass is 284 g/mol. The number of benzene rings is 1. The lowest BCUT2D eigenvalue weighted by atomic mass is 9.90. The fourth-order valence-corrected chi connectivity index (χ4v) is 3.38. The molecule has 21 heavy (non-hydrogen) atoms. The number of rotatable bonds is 4. The zero-order chi connectivity index (χ0) is 14.7. The summed E-state index contributed by atoms with van der Waals surface area (Å²) >= 11 is 0. The van der Waals surface area contributed by atoms with E-state index >= 15 is 0 Å². The Morgan fingerprint density at radius 2 is 1.95 bits per heavy atom. The molecule has 112 valence electrons. The fraction of sp³-hybridized carbons (Fsp3) is 0.529. The molecule has 1 aliphatic rings. The standard InChI is InChI=1S/C17H24N4/c1-2-11-21(14-9-7-13(18)8-10-14)17-12-19-20-16-6-4-3-5-15(16)17/h3-6,12-14H,2,7-11,18H2,1H3. The molecule has 0 atom stereocenters. The molecule has 4 nitrogen and oxygen atoms in total. The van der Waals surface area contributed by atoms with Gasteiger partial charge in [-0.25, -0.2) is 0 Å². The number of hydrogen-bond donors (Lipinski definition) is 1. The Hall–Kier alpha value is -1.68. The van der Waals surface area contributed by atoms with E-state index in [1.165, 1.54) is 23.9 Å². The summed E-state index contributed by atoms with van der Waals surface area (Å²) in [6.45, 7) is 3.30. The summed E-state index contributed by atoms with van der Waals surface area (Å²) in [4.78, 5) is 2.53. The molecule has 0 bridgehead atoms. The summed E-state index contributed by atoms with van der Waals surface area (Å²) < 4.78 is 0. The molecular weight excluding hydrogens is 260 g/mol. The highest BCUT2D eigenvalue weighted by atomic mass is 15.2. The number of aromatic nitrogens is 2. The van der Waals surface area contributed by atoms with Crippen LogP contribution in [-0.2, 0) is 0 Å². The van der Waals surface area contributed by atoms with Gasteiger partial charge in [0.1, 0.15) is 0 Å². The number of hydrogen-bond acceptors (Lipinski definition) is 4. The third kappa shape index (κ3) is 3.00. The molecule has 4 heteroatoms. The molecule has 1 aromatic carbocycles. The summed E-state index contributed by atoms with van der Waals surface area (Å²) in [5.74, 6) is 0. The summed E-state index contributed by atoms with van der Waals surface area (Å²) in [6, 6.07) is 9.25. The minimum Gasteiger partial charge on any atom is -0.367 e. The number of fused-ring (bicyclic) bond motifs is 1. The third-order valence-electron chi connectivity index (χ3n) is 4.48. The van der Waals surface area contributed by atoms with Crippen molar-refractivity contribution in [3.8, 4) is 0 Å². The van der Waals surface area contributed by atoms with Gasteiger partial charge in [0.15, 0.2) is 0 Å². The van der Waals surface area contributed by atoms with Crippen molar-refractivity contribution in [2.24, 2.45) is 5.73 Å². The van der Waals surface area contributed by atoms with Crippen LogP contribution in [0.15, 0.2) is 30.5 Å². The van der Waals surface area contributed by atoms with E-state index in [0.29, 0.717) is 12.1 Å². The van der Waals surface area contributed by atoms with E-state index in [0.717, 1.165) is 31.3 Å². The highest BCUT2D eigenvalue weighted by Crippen LogP contribution is 2.31. The maximum Gasteiger partial charge on any atom is 0.0950 e. The van der Waals surface area contributed by atoms with Gasteiger partial charge in [-0.05, 0) is 38.2 Å². The average molecular weight is 284 g/mol. The lowest BCUT2D eigenvalue weighted by Crippen LogP contribution is -2.41. The van der Waals surface area contributed by atoms with E-state index in [1.54, 1.807) is 0 Å². The molecule has 3 rings (SSSR count). The zero-order valence-corrected chi connectivity index (χ0v) is 12.7. The van der Waals surface area contributed by atoms with E-state index in [2.05, 4.69) is 34.2 Å². The number of anilines is 1. The molecule has 1 aromatic heterocycles. The van der Waals surface area contributed by atoms with Crippen LogP contribution in [-0.4, -0.2) is 28.8 Å². The van der Waals surface area contributed by atoms with Crippen molar-refractivity contribution in [3.63, 3.8) is 0 Å². The number of nitrogens with zero attached hydrogens (tertiary/aromatic N) is 3. The molecule has 1 fully saturated rings. The molecule has 0 spiro atoms. The van der Waals surface area contributed by atoms with Gasteiger partial charge in [-0.15, -0.1) is 0 Å². The largest absolute Gasteiger partial charge is 0.367 e. The summed E-state index contributed by atoms with van der Waals surface area (Å²) in [5, 5.41) is 9.66. The smallest absolute Gasteiger partial charge is 0.0950 e. The first-order valence-corrected chi connectivity index (χ1v) is 8.02. The van der Waals surface area contributed by atoms with Crippen LogP contribution in [0.25, 0.3) is 10.9 Å². The second kappa shape index (κ2) is 6.39. The fourth-order valence-electron chi connectivity index (χ4n) is 3.38. The van der Waals surface area contributed by atoms with Crippen molar-refractivity contribution < 1.29 is 0 Å². The second-order valence-corrected chi connectivity index (χ2v) is 6.01. The van der Waals surface area contributed by atoms with Crippen LogP contribution in [0.4, 0.5) is 5.69 Å². The van der Waals surface area contributed by atoms with Crippen molar-refractivity contribution in [3.05, 3.63) is 30.5 Å². The molecule has 1 heterocycles. The maximum absolute atomic E-state index is 6.06. The molecule has 1 aliphatic carbocycles. The lowest BCUT2D eigenvalue weighted by Gasteiger charge is -2.37. The topological polar surface area (TPSA) is 55.0 Å². The minimum absolute atomic E-state index is 0.386. The quantitative estimate of drug-likeness (QED) is 0.937. The molecule has 0 aliphatic heterocycles. The maximum atomic E-state index is 6.06. The molecule has 0 saturated heterocycles. The Bertz CT molecular complexity index is 585. The van der Waals surface area contributed by atoms with Crippen LogP contribution < -0.4 is 10.6 Å². The summed E-state index contributed by atoms with van der Waals surface area (Å²) in [5.41, 5.74) is 8.26. The van der Waals surface area contributed by atoms with Crippen molar-refractivity contribution >= 4 is 16.6 Å². The van der Waals surface area contributed by atoms with Gasteiger partial charge in [0.2, 0.25) is 0 Å². The first-order chi connectivity index (χ1) is 10.3. The first kappa shape index (κ1) is 14.3. The Kier molecular flexibility index (Phi) is 4.34. The van der Waals surface area contributed by atoms with Gasteiger partial charge in [-0.2, -0.15) is 10.2 Å². The van der Waals surface area contributed by atoms with Crippen LogP contribution in [0.1, 0.15) is 39.0 Å². The lowest BCUT2D eigenvalue weighted by molar-refractivity contribution is 0.375. The predicted octanol–water partition coefficient (Wildman–Crippen LogP) is 3.12. The molecule has 2 aromatic rings. The third-order valence-corrected chi connectivity index (χ3v) is 4.48. The van der Waals surface area contributed by atoms with E-state index < -0.39 is 0 Å². The van der Waals surface area contributed by atoms with Gasteiger partial charge in [0, 0.05) is 24.0 Å². The second-order valence-electron chi connectivity index (χ2n) is 6.01. The van der Waals surface area contributed by atoms with Crippen LogP contribution >= 0.6 is 0 Å². The van der Waals surface area contributed by atoms with Gasteiger partial charge in [0.05, 0.1) is 17.4 Å². The minimum atomic E-state index is 0.386. The van der Waals surface area contributed by atoms with Crippen LogP contribution in [0.3, 0.4) is 0 Å². The van der Waals surface area contributed by atoms with Crippen molar-refractivity contribution in [2.75, 3.05) is 11.4 Å². The van der Waals surface area contributed by atoms with Crippen LogP contribution in [0.2, 0.25) is 0 Å². The van der Waals surface area contributed by atoms with Gasteiger partial charge < -0.3 is 10.6 Å². The van der Waals surface area contributed by atoms with Gasteiger partial charge in [-0.3, -0.25) is 0 Å². The Morgan fingerprint density at radius 3 is 2.71 bits per heavy atom. The van der Waals surface area contributed by atoms with E-state index in [1.807, 2.05) is 18.3 Å². The van der Waals surface area contributed by atoms with Gasteiger partial charge in [0.25, 0.3) is 0 Å². The van der Waals surface area contributed by atoms with E-state index in [-0.39, 0.29) is 0 Å². The molecule has 0 unspecified atom stereocenters. The van der Waals surface area contributed by atoms with E-state index in [4.69, 9.17) is 5.73 Å². The predicted molar refractivity (Wildman–Crippen MR) is 87.4 cm³/mol. The van der Waals surface area contributed by atoms with Crippen molar-refractivity contribution in [1.82, 2.24) is 10.2 Å². The Morgan fingerprint density at radius 1 is 1.19 bits per heavy atom. The molecule has 1 saturated carbocycles. The highest BCUT2D eigenvalue weighted by Gasteiger charge is 2.25. The summed E-state index contributed by atoms with van der Waals surface area (Å²) in [6.07, 6.45) is 7.67. The molecular formula is C17H24N4. The average Bonchev–Trinajstić information content (AvgIpc) is 2.53. The normalized spacial score (nSPS) is 22.4.